The monoisotopic (exact) mass is 518 g/mol. The zero-order valence-electron chi connectivity index (χ0n) is 19.1. The van der Waals surface area contributed by atoms with E-state index in [4.69, 9.17) is 10.5 Å². The summed E-state index contributed by atoms with van der Waals surface area (Å²) in [5, 5.41) is 24.3. The Morgan fingerprint density at radius 3 is 2.50 bits per heavy atom. The minimum Gasteiger partial charge on any atom is -0.462 e. The van der Waals surface area contributed by atoms with Crippen LogP contribution in [0.2, 0.25) is 0 Å². The third kappa shape index (κ3) is 5.77. The number of pyridine rings is 1. The Bertz CT molecular complexity index is 1320. The molecule has 36 heavy (non-hydrogen) atoms. The van der Waals surface area contributed by atoms with E-state index in [1.807, 2.05) is 47.8 Å². The number of nitrogen functional groups attached to an aromatic ring is 1. The van der Waals surface area contributed by atoms with Crippen molar-refractivity contribution in [2.45, 2.75) is 24.0 Å². The van der Waals surface area contributed by atoms with Crippen molar-refractivity contribution in [2.24, 2.45) is 0 Å². The molecule has 0 saturated carbocycles. The van der Waals surface area contributed by atoms with Gasteiger partial charge in [-0.2, -0.15) is 10.5 Å². The molecule has 9 nitrogen and oxygen atoms in total. The Morgan fingerprint density at radius 2 is 1.86 bits per heavy atom. The van der Waals surface area contributed by atoms with E-state index < -0.39 is 5.97 Å². The topological polar surface area (TPSA) is 145 Å². The number of likely N-dealkylation sites (tertiary alicyclic amines) is 1. The second-order valence-corrected chi connectivity index (χ2v) is 9.80. The molecule has 1 saturated heterocycles. The number of nitriles is 2. The van der Waals surface area contributed by atoms with Gasteiger partial charge in [0.2, 0.25) is 0 Å². The van der Waals surface area contributed by atoms with Crippen LogP contribution < -0.4 is 11.1 Å². The van der Waals surface area contributed by atoms with E-state index in [-0.39, 0.29) is 39.9 Å². The maximum absolute atomic E-state index is 12.5. The molecule has 1 aromatic carbocycles. The number of aromatic nitrogens is 1. The number of ether oxygens (including phenoxy) is 1. The fourth-order valence-electron chi connectivity index (χ4n) is 3.82. The van der Waals surface area contributed by atoms with E-state index in [2.05, 4.69) is 16.4 Å². The maximum Gasteiger partial charge on any atom is 0.321 e. The Balaban J connectivity index is 1.33. The summed E-state index contributed by atoms with van der Waals surface area (Å²) in [4.78, 5) is 31.6. The van der Waals surface area contributed by atoms with Crippen molar-refractivity contribution in [2.75, 3.05) is 29.9 Å². The summed E-state index contributed by atoms with van der Waals surface area (Å²) in [7, 11) is 0. The number of nitrogens with two attached hydrogens (primary N) is 1. The highest BCUT2D eigenvalue weighted by atomic mass is 32.2. The van der Waals surface area contributed by atoms with E-state index in [9.17, 15) is 20.1 Å². The highest BCUT2D eigenvalue weighted by molar-refractivity contribution is 7.99. The predicted molar refractivity (Wildman–Crippen MR) is 138 cm³/mol. The summed E-state index contributed by atoms with van der Waals surface area (Å²) in [6, 6.07) is 16.8. The van der Waals surface area contributed by atoms with Gasteiger partial charge in [0.15, 0.2) is 0 Å². The van der Waals surface area contributed by atoms with Crippen LogP contribution in [0, 0.1) is 22.7 Å². The Hall–Kier alpha value is -4.06. The lowest BCUT2D eigenvalue weighted by Gasteiger charge is -2.31. The number of esters is 1. The number of hydrogen-bond acceptors (Lipinski definition) is 9. The molecule has 0 aliphatic carbocycles. The second-order valence-electron chi connectivity index (χ2n) is 7.89. The average Bonchev–Trinajstić information content (AvgIpc) is 3.42. The van der Waals surface area contributed by atoms with E-state index >= 15 is 0 Å². The first-order valence-corrected chi connectivity index (χ1v) is 13.0. The van der Waals surface area contributed by atoms with Gasteiger partial charge in [0.1, 0.15) is 34.6 Å². The lowest BCUT2D eigenvalue weighted by atomic mass is 10.0. The van der Waals surface area contributed by atoms with Gasteiger partial charge in [0.05, 0.1) is 11.3 Å². The van der Waals surface area contributed by atoms with Crippen molar-refractivity contribution >= 4 is 46.6 Å². The van der Waals surface area contributed by atoms with Crippen LogP contribution in [0.4, 0.5) is 16.3 Å². The zero-order chi connectivity index (χ0) is 25.5. The molecule has 0 radical (unpaired) electrons. The van der Waals surface area contributed by atoms with Crippen LogP contribution in [-0.4, -0.2) is 46.8 Å². The second kappa shape index (κ2) is 11.6. The number of para-hydroxylation sites is 1. The van der Waals surface area contributed by atoms with Crippen molar-refractivity contribution in [1.82, 2.24) is 9.88 Å². The molecule has 0 bridgehead atoms. The molecule has 11 heteroatoms. The van der Waals surface area contributed by atoms with Gasteiger partial charge in [0, 0.05) is 42.1 Å². The molecule has 0 spiro atoms. The van der Waals surface area contributed by atoms with E-state index in [0.717, 1.165) is 22.3 Å². The first-order chi connectivity index (χ1) is 17.5. The highest BCUT2D eigenvalue weighted by Gasteiger charge is 2.26. The summed E-state index contributed by atoms with van der Waals surface area (Å²) in [6.07, 6.45) is 0.772. The number of benzene rings is 1. The first kappa shape index (κ1) is 25.0. The van der Waals surface area contributed by atoms with Crippen LogP contribution in [0.25, 0.3) is 10.4 Å². The Morgan fingerprint density at radius 1 is 1.14 bits per heavy atom. The molecular weight excluding hydrogens is 496 g/mol. The van der Waals surface area contributed by atoms with Crippen LogP contribution in [0.3, 0.4) is 0 Å². The maximum atomic E-state index is 12.5. The molecule has 1 aliphatic rings. The lowest BCUT2D eigenvalue weighted by Crippen LogP contribution is -2.43. The normalized spacial score (nSPS) is 13.4. The molecule has 1 fully saturated rings. The summed E-state index contributed by atoms with van der Waals surface area (Å²) in [5.74, 6) is -0.499. The number of nitrogens with one attached hydrogen (secondary N) is 1. The standard InChI is InChI=1S/C25H22N6O3S2/c26-13-18-22(20-7-4-12-35-20)19(14-27)24(30-23(18)28)36-15-21(32)34-17-8-10-31(11-9-17)25(33)29-16-5-2-1-3-6-16/h1-7,12,17H,8-11,15H2,(H2,28,30)(H,29,33). The van der Waals surface area contributed by atoms with Gasteiger partial charge < -0.3 is 20.7 Å². The van der Waals surface area contributed by atoms with Crippen molar-refractivity contribution in [1.29, 1.82) is 10.5 Å². The van der Waals surface area contributed by atoms with E-state index in [0.29, 0.717) is 31.5 Å². The van der Waals surface area contributed by atoms with Gasteiger partial charge in [0.25, 0.3) is 0 Å². The molecule has 0 unspecified atom stereocenters. The number of piperidine rings is 1. The lowest BCUT2D eigenvalue weighted by molar-refractivity contribution is -0.147. The van der Waals surface area contributed by atoms with Crippen molar-refractivity contribution < 1.29 is 14.3 Å². The number of amides is 2. The molecule has 3 heterocycles. The molecule has 2 amide bonds. The number of thioether (sulfide) groups is 1. The molecule has 3 aromatic rings. The minimum absolute atomic E-state index is 0.0110. The number of urea groups is 1. The number of carbonyl (C=O) groups excluding carboxylic acids is 2. The zero-order valence-corrected chi connectivity index (χ0v) is 20.8. The van der Waals surface area contributed by atoms with Crippen molar-refractivity contribution in [3.63, 3.8) is 0 Å². The molecule has 4 rings (SSSR count). The molecule has 3 N–H and O–H groups in total. The van der Waals surface area contributed by atoms with E-state index in [1.54, 1.807) is 11.0 Å². The Kier molecular flexibility index (Phi) is 8.06. The van der Waals surface area contributed by atoms with Crippen LogP contribution in [0.15, 0.2) is 52.9 Å². The molecule has 0 atom stereocenters. The van der Waals surface area contributed by atoms with Gasteiger partial charge in [-0.3, -0.25) is 4.79 Å². The van der Waals surface area contributed by atoms with Gasteiger partial charge in [-0.1, -0.05) is 36.0 Å². The number of carbonyl (C=O) groups is 2. The number of nitrogens with zero attached hydrogens (tertiary/aromatic N) is 4. The first-order valence-electron chi connectivity index (χ1n) is 11.1. The fraction of sp³-hybridized carbons (Fsp3) is 0.240. The Labute approximate surface area is 216 Å². The highest BCUT2D eigenvalue weighted by Crippen LogP contribution is 2.37. The quantitative estimate of drug-likeness (QED) is 0.359. The largest absolute Gasteiger partial charge is 0.462 e. The third-order valence-electron chi connectivity index (χ3n) is 5.56. The van der Waals surface area contributed by atoms with Crippen LogP contribution >= 0.6 is 23.1 Å². The molecule has 2 aromatic heterocycles. The predicted octanol–water partition coefficient (Wildman–Crippen LogP) is 4.47. The molecule has 1 aliphatic heterocycles. The van der Waals surface area contributed by atoms with Crippen molar-refractivity contribution in [3.8, 4) is 22.6 Å². The SMILES string of the molecule is N#Cc1c(N)nc(SCC(=O)OC2CCN(C(=O)Nc3ccccc3)CC2)c(C#N)c1-c1cccs1. The number of rotatable bonds is 6. The molecular formula is C25H22N6O3S2. The number of anilines is 2. The minimum atomic E-state index is -0.446. The van der Waals surface area contributed by atoms with Crippen LogP contribution in [-0.2, 0) is 9.53 Å². The number of hydrogen-bond donors (Lipinski definition) is 2. The summed E-state index contributed by atoms with van der Waals surface area (Å²) in [6.45, 7) is 0.945. The average molecular weight is 519 g/mol. The van der Waals surface area contributed by atoms with Crippen LogP contribution in [0.1, 0.15) is 24.0 Å². The van der Waals surface area contributed by atoms with Crippen molar-refractivity contribution in [3.05, 3.63) is 59.0 Å². The summed E-state index contributed by atoms with van der Waals surface area (Å²) >= 11 is 2.44. The fourth-order valence-corrected chi connectivity index (χ4v) is 5.38. The summed E-state index contributed by atoms with van der Waals surface area (Å²) < 4.78 is 5.60. The van der Waals surface area contributed by atoms with Gasteiger partial charge in [-0.15, -0.1) is 11.3 Å². The van der Waals surface area contributed by atoms with Crippen LogP contribution in [0.5, 0.6) is 0 Å². The summed E-state index contributed by atoms with van der Waals surface area (Å²) in [5.41, 5.74) is 7.50. The smallest absolute Gasteiger partial charge is 0.321 e. The molecule has 182 valence electrons. The van der Waals surface area contributed by atoms with Gasteiger partial charge in [-0.05, 0) is 23.6 Å². The van der Waals surface area contributed by atoms with E-state index in [1.165, 1.54) is 11.3 Å². The van der Waals surface area contributed by atoms with Gasteiger partial charge in [-0.25, -0.2) is 9.78 Å². The van der Waals surface area contributed by atoms with Gasteiger partial charge >= 0.3 is 12.0 Å². The number of thiophene rings is 1. The third-order valence-corrected chi connectivity index (χ3v) is 7.40.